The quantitative estimate of drug-likeness (QED) is 0.746. The molecule has 0 N–H and O–H groups in total. The lowest BCUT2D eigenvalue weighted by Gasteiger charge is -2.38. The standard InChI is InChI=1S/C15H27NO5/c1-11(19-5)10-15(12(17)20-6)8-7-9-16(15)13(18)21-14(2,3)4/h11H,7-10H2,1-6H3. The van der Waals surface area contributed by atoms with E-state index >= 15 is 0 Å². The minimum atomic E-state index is -0.994. The van der Waals surface area contributed by atoms with Gasteiger partial charge in [0, 0.05) is 20.1 Å². The van der Waals surface area contributed by atoms with Crippen molar-refractivity contribution < 1.29 is 23.8 Å². The summed E-state index contributed by atoms with van der Waals surface area (Å²) in [5, 5.41) is 0. The largest absolute Gasteiger partial charge is 0.467 e. The van der Waals surface area contributed by atoms with Gasteiger partial charge in [-0.3, -0.25) is 4.90 Å². The minimum Gasteiger partial charge on any atom is -0.467 e. The zero-order valence-corrected chi connectivity index (χ0v) is 13.9. The molecule has 1 aliphatic heterocycles. The van der Waals surface area contributed by atoms with Crippen LogP contribution in [0.4, 0.5) is 4.79 Å². The van der Waals surface area contributed by atoms with Crippen molar-refractivity contribution in [2.75, 3.05) is 20.8 Å². The lowest BCUT2D eigenvalue weighted by molar-refractivity contribution is -0.155. The lowest BCUT2D eigenvalue weighted by Crippen LogP contribution is -2.56. The van der Waals surface area contributed by atoms with E-state index < -0.39 is 23.2 Å². The Hall–Kier alpha value is -1.30. The Morgan fingerprint density at radius 3 is 2.38 bits per heavy atom. The van der Waals surface area contributed by atoms with E-state index in [1.807, 2.05) is 6.92 Å². The number of carbonyl (C=O) groups is 2. The maximum atomic E-state index is 12.4. The zero-order chi connectivity index (χ0) is 16.3. The van der Waals surface area contributed by atoms with E-state index in [0.717, 1.165) is 6.42 Å². The molecule has 1 heterocycles. The number of esters is 1. The molecular weight excluding hydrogens is 274 g/mol. The molecule has 6 nitrogen and oxygen atoms in total. The Morgan fingerprint density at radius 1 is 1.29 bits per heavy atom. The summed E-state index contributed by atoms with van der Waals surface area (Å²) in [6, 6.07) is 0. The number of hydrogen-bond acceptors (Lipinski definition) is 5. The summed E-state index contributed by atoms with van der Waals surface area (Å²) in [6.45, 7) is 7.77. The maximum Gasteiger partial charge on any atom is 0.411 e. The average molecular weight is 301 g/mol. The molecular formula is C15H27NO5. The molecule has 21 heavy (non-hydrogen) atoms. The van der Waals surface area contributed by atoms with Gasteiger partial charge < -0.3 is 14.2 Å². The second kappa shape index (κ2) is 6.64. The van der Waals surface area contributed by atoms with Crippen molar-refractivity contribution in [3.05, 3.63) is 0 Å². The van der Waals surface area contributed by atoms with Gasteiger partial charge in [0.1, 0.15) is 11.1 Å². The summed E-state index contributed by atoms with van der Waals surface area (Å²) in [4.78, 5) is 26.3. The number of amides is 1. The molecule has 1 saturated heterocycles. The molecule has 0 bridgehead atoms. The van der Waals surface area contributed by atoms with Crippen molar-refractivity contribution in [2.24, 2.45) is 0 Å². The van der Waals surface area contributed by atoms with E-state index in [0.29, 0.717) is 19.4 Å². The lowest BCUT2D eigenvalue weighted by atomic mass is 9.89. The van der Waals surface area contributed by atoms with Crippen LogP contribution in [0.5, 0.6) is 0 Å². The van der Waals surface area contributed by atoms with Crippen LogP contribution in [-0.2, 0) is 19.0 Å². The van der Waals surface area contributed by atoms with Crippen molar-refractivity contribution in [1.29, 1.82) is 0 Å². The average Bonchev–Trinajstić information content (AvgIpc) is 2.80. The second-order valence-electron chi connectivity index (χ2n) is 6.51. The van der Waals surface area contributed by atoms with Crippen LogP contribution in [0.15, 0.2) is 0 Å². The number of carbonyl (C=O) groups excluding carboxylic acids is 2. The second-order valence-corrected chi connectivity index (χ2v) is 6.51. The summed E-state index contributed by atoms with van der Waals surface area (Å²) in [6.07, 6.45) is 1.06. The van der Waals surface area contributed by atoms with Gasteiger partial charge in [-0.05, 0) is 40.5 Å². The van der Waals surface area contributed by atoms with Crippen LogP contribution in [0, 0.1) is 0 Å². The first-order chi connectivity index (χ1) is 9.66. The zero-order valence-electron chi connectivity index (χ0n) is 13.9. The van der Waals surface area contributed by atoms with Gasteiger partial charge in [-0.2, -0.15) is 0 Å². The monoisotopic (exact) mass is 301 g/mol. The molecule has 1 aliphatic rings. The molecule has 6 heteroatoms. The first-order valence-electron chi connectivity index (χ1n) is 7.28. The molecule has 0 aromatic rings. The molecule has 0 spiro atoms. The van der Waals surface area contributed by atoms with Gasteiger partial charge in [0.25, 0.3) is 0 Å². The van der Waals surface area contributed by atoms with E-state index in [9.17, 15) is 9.59 Å². The Labute approximate surface area is 126 Å². The number of nitrogens with zero attached hydrogens (tertiary/aromatic N) is 1. The van der Waals surface area contributed by atoms with Crippen LogP contribution < -0.4 is 0 Å². The number of ether oxygens (including phenoxy) is 3. The molecule has 2 unspecified atom stereocenters. The molecule has 1 amide bonds. The van der Waals surface area contributed by atoms with Crippen molar-refractivity contribution >= 4 is 12.1 Å². The van der Waals surface area contributed by atoms with Crippen molar-refractivity contribution in [3.63, 3.8) is 0 Å². The van der Waals surface area contributed by atoms with Crippen molar-refractivity contribution in [2.45, 2.75) is 64.2 Å². The van der Waals surface area contributed by atoms with Gasteiger partial charge in [-0.25, -0.2) is 9.59 Å². The molecule has 122 valence electrons. The predicted molar refractivity (Wildman–Crippen MR) is 78.0 cm³/mol. The van der Waals surface area contributed by atoms with Gasteiger partial charge in [-0.15, -0.1) is 0 Å². The molecule has 1 fully saturated rings. The number of hydrogen-bond donors (Lipinski definition) is 0. The Balaban J connectivity index is 3.04. The molecule has 0 aromatic heterocycles. The van der Waals surface area contributed by atoms with Gasteiger partial charge >= 0.3 is 12.1 Å². The Kier molecular flexibility index (Phi) is 5.61. The fourth-order valence-corrected chi connectivity index (χ4v) is 2.72. The molecule has 0 aliphatic carbocycles. The number of likely N-dealkylation sites (tertiary alicyclic amines) is 1. The van der Waals surface area contributed by atoms with Crippen LogP contribution in [0.25, 0.3) is 0 Å². The summed E-state index contributed by atoms with van der Waals surface area (Å²) < 4.78 is 15.6. The number of methoxy groups -OCH3 is 2. The number of rotatable bonds is 4. The van der Waals surface area contributed by atoms with E-state index in [-0.39, 0.29) is 6.10 Å². The van der Waals surface area contributed by atoms with Gasteiger partial charge in [0.05, 0.1) is 13.2 Å². The minimum absolute atomic E-state index is 0.160. The molecule has 0 aromatic carbocycles. The Morgan fingerprint density at radius 2 is 1.90 bits per heavy atom. The maximum absolute atomic E-state index is 12.4. The highest BCUT2D eigenvalue weighted by Gasteiger charge is 2.52. The fraction of sp³-hybridized carbons (Fsp3) is 0.867. The first kappa shape index (κ1) is 17.8. The SMILES string of the molecule is COC(=O)C1(CC(C)OC)CCCN1C(=O)OC(C)(C)C. The Bertz CT molecular complexity index is 390. The highest BCUT2D eigenvalue weighted by molar-refractivity contribution is 5.86. The third-order valence-corrected chi connectivity index (χ3v) is 3.70. The summed E-state index contributed by atoms with van der Waals surface area (Å²) in [7, 11) is 2.93. The van der Waals surface area contributed by atoms with Crippen LogP contribution >= 0.6 is 0 Å². The van der Waals surface area contributed by atoms with E-state index in [4.69, 9.17) is 14.2 Å². The normalized spacial score (nSPS) is 23.8. The first-order valence-corrected chi connectivity index (χ1v) is 7.28. The molecule has 2 atom stereocenters. The van der Waals surface area contributed by atoms with E-state index in [1.54, 1.807) is 27.9 Å². The van der Waals surface area contributed by atoms with Crippen molar-refractivity contribution in [3.8, 4) is 0 Å². The van der Waals surface area contributed by atoms with Crippen molar-refractivity contribution in [1.82, 2.24) is 4.90 Å². The smallest absolute Gasteiger partial charge is 0.411 e. The predicted octanol–water partition coefficient (Wildman–Crippen LogP) is 2.35. The summed E-state index contributed by atoms with van der Waals surface area (Å²) >= 11 is 0. The summed E-state index contributed by atoms with van der Waals surface area (Å²) in [5.41, 5.74) is -1.60. The topological polar surface area (TPSA) is 65.1 Å². The highest BCUT2D eigenvalue weighted by atomic mass is 16.6. The highest BCUT2D eigenvalue weighted by Crippen LogP contribution is 2.36. The molecule has 1 rings (SSSR count). The van der Waals surface area contributed by atoms with Crippen LogP contribution in [0.3, 0.4) is 0 Å². The third kappa shape index (κ3) is 4.09. The van der Waals surface area contributed by atoms with E-state index in [2.05, 4.69) is 0 Å². The third-order valence-electron chi connectivity index (χ3n) is 3.70. The van der Waals surface area contributed by atoms with Crippen LogP contribution in [-0.4, -0.2) is 55.0 Å². The van der Waals surface area contributed by atoms with Gasteiger partial charge in [-0.1, -0.05) is 0 Å². The van der Waals surface area contributed by atoms with Gasteiger partial charge in [0.15, 0.2) is 0 Å². The molecule has 0 saturated carbocycles. The fourth-order valence-electron chi connectivity index (χ4n) is 2.72. The van der Waals surface area contributed by atoms with Crippen LogP contribution in [0.2, 0.25) is 0 Å². The summed E-state index contributed by atoms with van der Waals surface area (Å²) in [5.74, 6) is -0.408. The molecule has 0 radical (unpaired) electrons. The van der Waals surface area contributed by atoms with Crippen LogP contribution in [0.1, 0.15) is 47.0 Å². The van der Waals surface area contributed by atoms with E-state index in [1.165, 1.54) is 12.0 Å². The van der Waals surface area contributed by atoms with Gasteiger partial charge in [0.2, 0.25) is 0 Å².